The van der Waals surface area contributed by atoms with Gasteiger partial charge in [0.05, 0.1) is 12.9 Å². The molecule has 1 saturated heterocycles. The van der Waals surface area contributed by atoms with Gasteiger partial charge in [-0.1, -0.05) is 6.92 Å². The van der Waals surface area contributed by atoms with Crippen molar-refractivity contribution in [3.05, 3.63) is 0 Å². The van der Waals surface area contributed by atoms with Gasteiger partial charge in [0.2, 0.25) is 10.0 Å². The molecule has 1 atom stereocenters. The van der Waals surface area contributed by atoms with Gasteiger partial charge in [-0.25, -0.2) is 12.7 Å². The van der Waals surface area contributed by atoms with Crippen LogP contribution in [0.3, 0.4) is 0 Å². The second-order valence-electron chi connectivity index (χ2n) is 5.57. The third-order valence-corrected chi connectivity index (χ3v) is 5.66. The fourth-order valence-corrected chi connectivity index (χ4v) is 4.26. The molecule has 1 rings (SSSR count). The molecule has 1 fully saturated rings. The summed E-state index contributed by atoms with van der Waals surface area (Å²) in [5, 5.41) is 3.32. The van der Waals surface area contributed by atoms with Gasteiger partial charge < -0.3 is 10.1 Å². The van der Waals surface area contributed by atoms with Crippen LogP contribution < -0.4 is 5.32 Å². The summed E-state index contributed by atoms with van der Waals surface area (Å²) in [5.74, 6) is 0.0480. The van der Waals surface area contributed by atoms with Crippen molar-refractivity contribution in [1.82, 2.24) is 9.62 Å². The molecule has 21 heavy (non-hydrogen) atoms. The average Bonchev–Trinajstić information content (AvgIpc) is 2.47. The fraction of sp³-hybridized carbons (Fsp3) is 0.929. The molecule has 1 aliphatic heterocycles. The Hall–Kier alpha value is -0.660. The number of sulfonamides is 1. The highest BCUT2D eigenvalue weighted by molar-refractivity contribution is 7.89. The lowest BCUT2D eigenvalue weighted by Crippen LogP contribution is -2.42. The number of nitrogens with zero attached hydrogens (tertiary/aromatic N) is 1. The van der Waals surface area contributed by atoms with E-state index in [1.165, 1.54) is 7.11 Å². The van der Waals surface area contributed by atoms with Gasteiger partial charge in [0, 0.05) is 19.5 Å². The summed E-state index contributed by atoms with van der Waals surface area (Å²) in [6.45, 7) is 5.03. The summed E-state index contributed by atoms with van der Waals surface area (Å²) >= 11 is 0. The van der Waals surface area contributed by atoms with Gasteiger partial charge in [-0.15, -0.1) is 0 Å². The van der Waals surface area contributed by atoms with Gasteiger partial charge in [0.15, 0.2) is 0 Å². The van der Waals surface area contributed by atoms with E-state index in [-0.39, 0.29) is 18.1 Å². The van der Waals surface area contributed by atoms with Crippen molar-refractivity contribution >= 4 is 16.0 Å². The van der Waals surface area contributed by atoms with Gasteiger partial charge in [-0.3, -0.25) is 4.79 Å². The third kappa shape index (κ3) is 6.76. The Labute approximate surface area is 128 Å². The first-order valence-electron chi connectivity index (χ1n) is 7.75. The predicted octanol–water partition coefficient (Wildman–Crippen LogP) is 0.981. The van der Waals surface area contributed by atoms with Crippen LogP contribution in [-0.4, -0.2) is 57.7 Å². The van der Waals surface area contributed by atoms with E-state index in [2.05, 4.69) is 10.1 Å². The lowest BCUT2D eigenvalue weighted by atomic mass is 10.00. The van der Waals surface area contributed by atoms with Crippen molar-refractivity contribution in [3.8, 4) is 0 Å². The smallest absolute Gasteiger partial charge is 0.305 e. The minimum Gasteiger partial charge on any atom is -0.469 e. The van der Waals surface area contributed by atoms with Crippen LogP contribution in [0, 0.1) is 5.92 Å². The number of ether oxygens (including phenoxy) is 1. The van der Waals surface area contributed by atoms with E-state index in [0.29, 0.717) is 25.4 Å². The topological polar surface area (TPSA) is 75.7 Å². The van der Waals surface area contributed by atoms with Crippen LogP contribution in [0.25, 0.3) is 0 Å². The average molecular weight is 320 g/mol. The predicted molar refractivity (Wildman–Crippen MR) is 82.5 cm³/mol. The summed E-state index contributed by atoms with van der Waals surface area (Å²) in [6, 6.07) is 0. The lowest BCUT2D eigenvalue weighted by molar-refractivity contribution is -0.140. The van der Waals surface area contributed by atoms with Crippen LogP contribution in [0.1, 0.15) is 39.0 Å². The van der Waals surface area contributed by atoms with Gasteiger partial charge in [-0.05, 0) is 44.7 Å². The van der Waals surface area contributed by atoms with Gasteiger partial charge >= 0.3 is 5.97 Å². The van der Waals surface area contributed by atoms with Gasteiger partial charge in [-0.2, -0.15) is 0 Å². The molecular formula is C14H28N2O4S. The number of esters is 1. The van der Waals surface area contributed by atoms with Crippen molar-refractivity contribution in [2.24, 2.45) is 5.92 Å². The maximum absolute atomic E-state index is 12.4. The molecule has 7 heteroatoms. The Balaban J connectivity index is 2.53. The molecule has 124 valence electrons. The van der Waals surface area contributed by atoms with Gasteiger partial charge in [0.1, 0.15) is 0 Å². The number of carbonyl (C=O) groups excluding carboxylic acids is 1. The van der Waals surface area contributed by atoms with Crippen LogP contribution in [0.15, 0.2) is 0 Å². The number of carbonyl (C=O) groups is 1. The maximum atomic E-state index is 12.4. The molecule has 0 bridgehead atoms. The highest BCUT2D eigenvalue weighted by Gasteiger charge is 2.25. The second-order valence-corrected chi connectivity index (χ2v) is 7.65. The largest absolute Gasteiger partial charge is 0.469 e. The van der Waals surface area contributed by atoms with E-state index in [9.17, 15) is 13.2 Å². The minimum absolute atomic E-state index is 0.0161. The maximum Gasteiger partial charge on any atom is 0.305 e. The Kier molecular flexibility index (Phi) is 8.21. The van der Waals surface area contributed by atoms with E-state index in [1.54, 1.807) is 4.31 Å². The van der Waals surface area contributed by atoms with E-state index < -0.39 is 10.0 Å². The first kappa shape index (κ1) is 18.4. The summed E-state index contributed by atoms with van der Waals surface area (Å²) in [5.41, 5.74) is 0. The molecule has 1 heterocycles. The summed E-state index contributed by atoms with van der Waals surface area (Å²) in [4.78, 5) is 11.1. The van der Waals surface area contributed by atoms with Crippen molar-refractivity contribution in [1.29, 1.82) is 0 Å². The number of hydrogen-bond acceptors (Lipinski definition) is 5. The molecule has 0 amide bonds. The molecule has 0 spiro atoms. The summed E-state index contributed by atoms with van der Waals surface area (Å²) < 4.78 is 31.0. The molecular weight excluding hydrogens is 292 g/mol. The van der Waals surface area contributed by atoms with Crippen LogP contribution in [0.2, 0.25) is 0 Å². The molecule has 0 aromatic carbocycles. The van der Waals surface area contributed by atoms with E-state index in [0.717, 1.165) is 32.4 Å². The molecule has 0 aromatic heterocycles. The van der Waals surface area contributed by atoms with Crippen LogP contribution in [0.4, 0.5) is 0 Å². The second kappa shape index (κ2) is 9.38. The number of rotatable bonds is 9. The van der Waals surface area contributed by atoms with E-state index in [4.69, 9.17) is 0 Å². The lowest BCUT2D eigenvalue weighted by Gasteiger charge is -2.29. The highest BCUT2D eigenvalue weighted by Crippen LogP contribution is 2.15. The quantitative estimate of drug-likeness (QED) is 0.641. The monoisotopic (exact) mass is 320 g/mol. The van der Waals surface area contributed by atoms with Crippen LogP contribution in [-0.2, 0) is 19.6 Å². The summed E-state index contributed by atoms with van der Waals surface area (Å²) in [6.07, 6.45) is 3.45. The number of piperidine rings is 1. The van der Waals surface area contributed by atoms with Crippen molar-refractivity contribution in [2.45, 2.75) is 39.0 Å². The van der Waals surface area contributed by atoms with Crippen molar-refractivity contribution < 1.29 is 17.9 Å². The number of nitrogens with one attached hydrogen (secondary N) is 1. The zero-order valence-corrected chi connectivity index (χ0v) is 14.0. The fourth-order valence-electron chi connectivity index (χ4n) is 2.59. The minimum atomic E-state index is -3.29. The Morgan fingerprint density at radius 3 is 2.76 bits per heavy atom. The first-order chi connectivity index (χ1) is 9.99. The zero-order chi connectivity index (χ0) is 15.7. The molecule has 0 aromatic rings. The molecule has 1 unspecified atom stereocenters. The van der Waals surface area contributed by atoms with Crippen molar-refractivity contribution in [2.75, 3.05) is 39.0 Å². The van der Waals surface area contributed by atoms with E-state index >= 15 is 0 Å². The molecule has 0 radical (unpaired) electrons. The molecule has 1 N–H and O–H groups in total. The van der Waals surface area contributed by atoms with Crippen molar-refractivity contribution in [3.63, 3.8) is 0 Å². The standard InChI is InChI=1S/C14H28N2O4S/c1-3-9-16(12-13-6-4-8-15-11-13)21(18,19)10-5-7-14(17)20-2/h13,15H,3-12H2,1-2H3. The zero-order valence-electron chi connectivity index (χ0n) is 13.1. The Bertz CT molecular complexity index is 405. The molecule has 1 aliphatic rings. The number of hydrogen-bond donors (Lipinski definition) is 1. The Morgan fingerprint density at radius 1 is 1.43 bits per heavy atom. The number of methoxy groups -OCH3 is 1. The third-order valence-electron chi connectivity index (χ3n) is 3.74. The van der Waals surface area contributed by atoms with Gasteiger partial charge in [0.25, 0.3) is 0 Å². The van der Waals surface area contributed by atoms with E-state index in [1.807, 2.05) is 6.92 Å². The molecule has 0 aliphatic carbocycles. The molecule has 6 nitrogen and oxygen atoms in total. The normalized spacial score (nSPS) is 19.7. The first-order valence-corrected chi connectivity index (χ1v) is 9.36. The molecule has 0 saturated carbocycles. The summed E-state index contributed by atoms with van der Waals surface area (Å²) in [7, 11) is -1.97. The van der Waals surface area contributed by atoms with Crippen LogP contribution >= 0.6 is 0 Å². The highest BCUT2D eigenvalue weighted by atomic mass is 32.2. The Morgan fingerprint density at radius 2 is 2.19 bits per heavy atom. The SMILES string of the molecule is CCCN(CC1CCCNC1)S(=O)(=O)CCCC(=O)OC. The van der Waals surface area contributed by atoms with Crippen LogP contribution in [0.5, 0.6) is 0 Å².